The fraction of sp³-hybridized carbons (Fsp3) is 0.188. The Balaban J connectivity index is 1.99. The third-order valence-corrected chi connectivity index (χ3v) is 3.05. The highest BCUT2D eigenvalue weighted by Gasteiger charge is 2.14. The zero-order valence-electron chi connectivity index (χ0n) is 11.5. The summed E-state index contributed by atoms with van der Waals surface area (Å²) in [6.45, 7) is -0.0724. The molecule has 0 spiro atoms. The first kappa shape index (κ1) is 15.0. The molecule has 1 unspecified atom stereocenters. The number of halogens is 1. The fourth-order valence-electron chi connectivity index (χ4n) is 1.91. The molecule has 0 heterocycles. The van der Waals surface area contributed by atoms with Crippen molar-refractivity contribution in [3.63, 3.8) is 0 Å². The van der Waals surface area contributed by atoms with Crippen LogP contribution in [0.5, 0.6) is 5.75 Å². The topological polar surface area (TPSA) is 58.6 Å². The molecule has 0 aliphatic carbocycles. The second kappa shape index (κ2) is 6.85. The summed E-state index contributed by atoms with van der Waals surface area (Å²) < 4.78 is 18.5. The van der Waals surface area contributed by atoms with E-state index in [2.05, 4.69) is 5.32 Å². The number of carbonyl (C=O) groups is 1. The SMILES string of the molecule is COc1cccc(C(=O)NCC(O)c2ccccc2F)c1. The lowest BCUT2D eigenvalue weighted by molar-refractivity contribution is 0.0913. The van der Waals surface area contributed by atoms with Gasteiger partial charge in [0.15, 0.2) is 0 Å². The molecule has 0 bridgehead atoms. The van der Waals surface area contributed by atoms with Gasteiger partial charge in [0, 0.05) is 17.7 Å². The molecule has 1 amide bonds. The van der Waals surface area contributed by atoms with E-state index >= 15 is 0 Å². The number of carbonyl (C=O) groups excluding carboxylic acids is 1. The van der Waals surface area contributed by atoms with Gasteiger partial charge in [0.1, 0.15) is 11.6 Å². The van der Waals surface area contributed by atoms with Crippen molar-refractivity contribution >= 4 is 5.91 Å². The van der Waals surface area contributed by atoms with Crippen molar-refractivity contribution in [2.45, 2.75) is 6.10 Å². The van der Waals surface area contributed by atoms with Crippen LogP contribution in [0.3, 0.4) is 0 Å². The standard InChI is InChI=1S/C16H16FNO3/c1-21-12-6-4-5-11(9-12)16(20)18-10-15(19)13-7-2-3-8-14(13)17/h2-9,15,19H,10H2,1H3,(H,18,20). The summed E-state index contributed by atoms with van der Waals surface area (Å²) >= 11 is 0. The largest absolute Gasteiger partial charge is 0.497 e. The number of benzene rings is 2. The first-order valence-electron chi connectivity index (χ1n) is 6.46. The Hall–Kier alpha value is -2.40. The second-order valence-electron chi connectivity index (χ2n) is 4.48. The lowest BCUT2D eigenvalue weighted by Crippen LogP contribution is -2.28. The number of amides is 1. The van der Waals surface area contributed by atoms with Gasteiger partial charge in [-0.25, -0.2) is 4.39 Å². The average molecular weight is 289 g/mol. The molecule has 0 fully saturated rings. The summed E-state index contributed by atoms with van der Waals surface area (Å²) in [4.78, 5) is 12.0. The van der Waals surface area contributed by atoms with Crippen LogP contribution in [0.25, 0.3) is 0 Å². The molecule has 0 saturated carbocycles. The van der Waals surface area contributed by atoms with Gasteiger partial charge in [0.2, 0.25) is 0 Å². The van der Waals surface area contributed by atoms with E-state index in [1.807, 2.05) is 0 Å². The maximum atomic E-state index is 13.5. The van der Waals surface area contributed by atoms with Crippen LogP contribution in [0.2, 0.25) is 0 Å². The van der Waals surface area contributed by atoms with Crippen molar-refractivity contribution < 1.29 is 19.0 Å². The molecule has 2 N–H and O–H groups in total. The number of hydrogen-bond acceptors (Lipinski definition) is 3. The predicted octanol–water partition coefficient (Wildman–Crippen LogP) is 2.30. The number of hydrogen-bond donors (Lipinski definition) is 2. The molecule has 0 aliphatic heterocycles. The van der Waals surface area contributed by atoms with E-state index in [4.69, 9.17) is 4.74 Å². The van der Waals surface area contributed by atoms with Crippen molar-refractivity contribution in [3.05, 3.63) is 65.5 Å². The number of ether oxygens (including phenoxy) is 1. The van der Waals surface area contributed by atoms with Crippen LogP contribution < -0.4 is 10.1 Å². The van der Waals surface area contributed by atoms with Crippen LogP contribution in [0.15, 0.2) is 48.5 Å². The molecule has 21 heavy (non-hydrogen) atoms. The first-order valence-corrected chi connectivity index (χ1v) is 6.46. The fourth-order valence-corrected chi connectivity index (χ4v) is 1.91. The van der Waals surface area contributed by atoms with Crippen molar-refractivity contribution in [2.24, 2.45) is 0 Å². The van der Waals surface area contributed by atoms with Gasteiger partial charge in [0.25, 0.3) is 5.91 Å². The van der Waals surface area contributed by atoms with Crippen LogP contribution in [0.1, 0.15) is 22.0 Å². The third kappa shape index (κ3) is 3.79. The zero-order chi connectivity index (χ0) is 15.2. The molecule has 0 aliphatic rings. The van der Waals surface area contributed by atoms with E-state index in [1.165, 1.54) is 19.2 Å². The Morgan fingerprint density at radius 3 is 2.76 bits per heavy atom. The summed E-state index contributed by atoms with van der Waals surface area (Å²) in [5.74, 6) is -0.290. The van der Waals surface area contributed by atoms with Crippen LogP contribution in [-0.4, -0.2) is 24.7 Å². The van der Waals surface area contributed by atoms with E-state index in [-0.39, 0.29) is 18.0 Å². The van der Waals surface area contributed by atoms with Crippen LogP contribution in [0, 0.1) is 5.82 Å². The van der Waals surface area contributed by atoms with Gasteiger partial charge in [-0.05, 0) is 24.3 Å². The van der Waals surface area contributed by atoms with Gasteiger partial charge < -0.3 is 15.2 Å². The zero-order valence-corrected chi connectivity index (χ0v) is 11.5. The molecular formula is C16H16FNO3. The maximum absolute atomic E-state index is 13.5. The van der Waals surface area contributed by atoms with Gasteiger partial charge in [-0.3, -0.25) is 4.79 Å². The van der Waals surface area contributed by atoms with E-state index in [1.54, 1.807) is 36.4 Å². The smallest absolute Gasteiger partial charge is 0.251 e. The van der Waals surface area contributed by atoms with Crippen LogP contribution >= 0.6 is 0 Å². The van der Waals surface area contributed by atoms with Gasteiger partial charge in [0.05, 0.1) is 13.2 Å². The first-order chi connectivity index (χ1) is 10.1. The van der Waals surface area contributed by atoms with Gasteiger partial charge in [-0.15, -0.1) is 0 Å². The molecule has 0 saturated heterocycles. The highest BCUT2D eigenvalue weighted by atomic mass is 19.1. The summed E-state index contributed by atoms with van der Waals surface area (Å²) in [7, 11) is 1.51. The number of nitrogens with one attached hydrogen (secondary N) is 1. The summed E-state index contributed by atoms with van der Waals surface area (Å²) in [6, 6.07) is 12.6. The van der Waals surface area contributed by atoms with Crippen LogP contribution in [-0.2, 0) is 0 Å². The van der Waals surface area contributed by atoms with Crippen LogP contribution in [0.4, 0.5) is 4.39 Å². The van der Waals surface area contributed by atoms with Gasteiger partial charge in [-0.1, -0.05) is 24.3 Å². The van der Waals surface area contributed by atoms with E-state index in [0.29, 0.717) is 11.3 Å². The minimum absolute atomic E-state index is 0.0724. The number of methoxy groups -OCH3 is 1. The quantitative estimate of drug-likeness (QED) is 0.888. The number of aliphatic hydroxyl groups is 1. The van der Waals surface area contributed by atoms with E-state index in [0.717, 1.165) is 0 Å². The molecule has 110 valence electrons. The van der Waals surface area contributed by atoms with E-state index in [9.17, 15) is 14.3 Å². The van der Waals surface area contributed by atoms with Crippen molar-refractivity contribution in [1.82, 2.24) is 5.32 Å². The average Bonchev–Trinajstić information content (AvgIpc) is 2.52. The third-order valence-electron chi connectivity index (χ3n) is 3.05. The van der Waals surface area contributed by atoms with Gasteiger partial charge in [-0.2, -0.15) is 0 Å². The second-order valence-corrected chi connectivity index (χ2v) is 4.48. The molecule has 4 nitrogen and oxygen atoms in total. The Bertz CT molecular complexity index is 630. The summed E-state index contributed by atoms with van der Waals surface area (Å²) in [5.41, 5.74) is 0.568. The highest BCUT2D eigenvalue weighted by Crippen LogP contribution is 2.16. The molecule has 2 aromatic carbocycles. The maximum Gasteiger partial charge on any atom is 0.251 e. The Kier molecular flexibility index (Phi) is 4.90. The van der Waals surface area contributed by atoms with E-state index < -0.39 is 11.9 Å². The molecule has 1 atom stereocenters. The van der Waals surface area contributed by atoms with Crippen molar-refractivity contribution in [2.75, 3.05) is 13.7 Å². The normalized spacial score (nSPS) is 11.8. The molecule has 0 radical (unpaired) electrons. The predicted molar refractivity (Wildman–Crippen MR) is 76.7 cm³/mol. The molecule has 5 heteroatoms. The Morgan fingerprint density at radius 1 is 1.29 bits per heavy atom. The Labute approximate surface area is 122 Å². The minimum atomic E-state index is -1.10. The molecule has 2 rings (SSSR count). The van der Waals surface area contributed by atoms with Crippen molar-refractivity contribution in [3.8, 4) is 5.75 Å². The highest BCUT2D eigenvalue weighted by molar-refractivity contribution is 5.94. The van der Waals surface area contributed by atoms with Crippen molar-refractivity contribution in [1.29, 1.82) is 0 Å². The monoisotopic (exact) mass is 289 g/mol. The molecule has 0 aromatic heterocycles. The minimum Gasteiger partial charge on any atom is -0.497 e. The Morgan fingerprint density at radius 2 is 2.05 bits per heavy atom. The summed E-state index contributed by atoms with van der Waals surface area (Å²) in [5, 5.41) is 12.5. The lowest BCUT2D eigenvalue weighted by Gasteiger charge is -2.13. The number of aliphatic hydroxyl groups excluding tert-OH is 1. The number of rotatable bonds is 5. The molecular weight excluding hydrogens is 273 g/mol. The summed E-state index contributed by atoms with van der Waals surface area (Å²) in [6.07, 6.45) is -1.10. The lowest BCUT2D eigenvalue weighted by atomic mass is 10.1. The van der Waals surface area contributed by atoms with Gasteiger partial charge >= 0.3 is 0 Å². The molecule has 2 aromatic rings.